The Hall–Kier alpha value is -7.57. The molecule has 10 rings (SSSR count). The second kappa shape index (κ2) is 14.3. The second-order valence-corrected chi connectivity index (χ2v) is 15.6. The molecule has 0 atom stereocenters. The predicted octanol–water partition coefficient (Wildman–Crippen LogP) is 15.4. The minimum atomic E-state index is -5.16. The maximum absolute atomic E-state index is 15.1. The Balaban J connectivity index is 1.37. The lowest BCUT2D eigenvalue weighted by molar-refractivity contribution is -0.142. The van der Waals surface area contributed by atoms with Crippen molar-refractivity contribution in [2.45, 2.75) is 26.2 Å². The van der Waals surface area contributed by atoms with Gasteiger partial charge in [0.05, 0.1) is 44.6 Å². The first kappa shape index (κ1) is 38.6. The van der Waals surface area contributed by atoms with Gasteiger partial charge < -0.3 is 9.13 Å². The standard InChI is InChI=1S/C53H33F6N3/c1-31-11-3-5-13-37(31)33-19-22-42-40-15-7-9-17-46(40)61(48(42)25-33)50-27-35(39-24-21-36(52(54,55)56)29-45(39)53(57,58)59)28-51(44(50)30-60)62-47-18-10-8-16-41(47)43-23-20-34(26-49(43)62)38-14-6-4-12-32(38)2/h3-29H,1-2H3. The van der Waals surface area contributed by atoms with E-state index in [-0.39, 0.29) is 28.6 Å². The number of alkyl halides is 6. The van der Waals surface area contributed by atoms with Crippen LogP contribution in [0.3, 0.4) is 0 Å². The molecule has 9 heteroatoms. The van der Waals surface area contributed by atoms with E-state index >= 15 is 13.2 Å². The average molecular weight is 826 g/mol. The quantitative estimate of drug-likeness (QED) is 0.159. The van der Waals surface area contributed by atoms with Crippen LogP contribution in [-0.4, -0.2) is 9.13 Å². The van der Waals surface area contributed by atoms with Crippen LogP contribution >= 0.6 is 0 Å². The summed E-state index contributed by atoms with van der Waals surface area (Å²) in [6.07, 6.45) is -10.2. The molecule has 62 heavy (non-hydrogen) atoms. The summed E-state index contributed by atoms with van der Waals surface area (Å²) in [6.45, 7) is 4.02. The zero-order chi connectivity index (χ0) is 43.1. The van der Waals surface area contributed by atoms with E-state index in [0.717, 1.165) is 61.0 Å². The molecule has 0 bridgehead atoms. The molecule has 0 aliphatic carbocycles. The number of hydrogen-bond acceptors (Lipinski definition) is 1. The number of nitriles is 1. The molecule has 0 aliphatic rings. The first-order chi connectivity index (χ1) is 29.8. The molecule has 0 fully saturated rings. The number of aromatic nitrogens is 2. The van der Waals surface area contributed by atoms with Gasteiger partial charge in [0, 0.05) is 21.5 Å². The average Bonchev–Trinajstić information content (AvgIpc) is 3.77. The highest BCUT2D eigenvalue weighted by molar-refractivity contribution is 6.12. The third-order valence-electron chi connectivity index (χ3n) is 11.9. The summed E-state index contributed by atoms with van der Waals surface area (Å²) in [5, 5.41) is 14.8. The van der Waals surface area contributed by atoms with Crippen LogP contribution in [0.4, 0.5) is 26.3 Å². The molecule has 0 aliphatic heterocycles. The van der Waals surface area contributed by atoms with E-state index in [4.69, 9.17) is 0 Å². The predicted molar refractivity (Wildman–Crippen MR) is 236 cm³/mol. The number of nitrogens with zero attached hydrogens (tertiary/aromatic N) is 3. The van der Waals surface area contributed by atoms with E-state index in [0.29, 0.717) is 28.1 Å². The molecule has 0 spiro atoms. The molecule has 8 aromatic carbocycles. The topological polar surface area (TPSA) is 33.6 Å². The monoisotopic (exact) mass is 825 g/mol. The van der Waals surface area contributed by atoms with Gasteiger partial charge in [-0.15, -0.1) is 0 Å². The van der Waals surface area contributed by atoms with Crippen LogP contribution in [0.15, 0.2) is 164 Å². The van der Waals surface area contributed by atoms with Crippen LogP contribution in [-0.2, 0) is 12.4 Å². The maximum atomic E-state index is 15.1. The van der Waals surface area contributed by atoms with Gasteiger partial charge in [-0.2, -0.15) is 31.6 Å². The second-order valence-electron chi connectivity index (χ2n) is 15.6. The first-order valence-corrected chi connectivity index (χ1v) is 19.9. The van der Waals surface area contributed by atoms with E-state index in [2.05, 4.69) is 6.07 Å². The Morgan fingerprint density at radius 1 is 0.419 bits per heavy atom. The molecule has 0 N–H and O–H groups in total. The number of hydrogen-bond donors (Lipinski definition) is 0. The molecule has 2 heterocycles. The zero-order valence-corrected chi connectivity index (χ0v) is 33.2. The maximum Gasteiger partial charge on any atom is 0.417 e. The van der Waals surface area contributed by atoms with Gasteiger partial charge in [-0.1, -0.05) is 115 Å². The molecule has 0 saturated heterocycles. The summed E-state index contributed by atoms with van der Waals surface area (Å²) >= 11 is 0. The van der Waals surface area contributed by atoms with Crippen molar-refractivity contribution in [3.05, 3.63) is 192 Å². The van der Waals surface area contributed by atoms with Crippen LogP contribution < -0.4 is 0 Å². The van der Waals surface area contributed by atoms with E-state index in [1.54, 1.807) is 0 Å². The molecule has 0 unspecified atom stereocenters. The van der Waals surface area contributed by atoms with Crippen molar-refractivity contribution in [3.8, 4) is 50.8 Å². The SMILES string of the molecule is Cc1ccccc1-c1ccc2c3ccccc3n(-c3cc(-c4ccc(C(F)(F)F)cc4C(F)(F)F)cc(-n4c5ccccc5c5ccc(-c6ccccc6C)cc54)c3C#N)c2c1. The van der Waals surface area contributed by atoms with Gasteiger partial charge in [0.25, 0.3) is 0 Å². The summed E-state index contributed by atoms with van der Waals surface area (Å²) < 4.78 is 91.1. The van der Waals surface area contributed by atoms with E-state index < -0.39 is 29.0 Å². The summed E-state index contributed by atoms with van der Waals surface area (Å²) in [4.78, 5) is 0. The smallest absolute Gasteiger partial charge is 0.308 e. The van der Waals surface area contributed by atoms with Gasteiger partial charge in [-0.3, -0.25) is 0 Å². The number of benzene rings is 8. The molecule has 0 saturated carbocycles. The van der Waals surface area contributed by atoms with Gasteiger partial charge in [0.2, 0.25) is 0 Å². The Bertz CT molecular complexity index is 3300. The Morgan fingerprint density at radius 2 is 0.871 bits per heavy atom. The molecule has 10 aromatic rings. The highest BCUT2D eigenvalue weighted by Crippen LogP contribution is 2.45. The van der Waals surface area contributed by atoms with Crippen molar-refractivity contribution >= 4 is 43.6 Å². The highest BCUT2D eigenvalue weighted by Gasteiger charge is 2.39. The molecular weight excluding hydrogens is 793 g/mol. The fourth-order valence-electron chi connectivity index (χ4n) is 9.03. The number of para-hydroxylation sites is 2. The summed E-state index contributed by atoms with van der Waals surface area (Å²) in [5.41, 5.74) is 5.94. The minimum absolute atomic E-state index is 0.0166. The Labute approximate surface area is 351 Å². The van der Waals surface area contributed by atoms with Gasteiger partial charge in [0.1, 0.15) is 11.6 Å². The van der Waals surface area contributed by atoms with Crippen molar-refractivity contribution in [1.29, 1.82) is 5.26 Å². The van der Waals surface area contributed by atoms with E-state index in [1.165, 1.54) is 12.1 Å². The Kier molecular flexibility index (Phi) is 8.89. The summed E-state index contributed by atoms with van der Waals surface area (Å²) in [6, 6.07) is 50.3. The molecule has 302 valence electrons. The van der Waals surface area contributed by atoms with Crippen molar-refractivity contribution in [2.75, 3.05) is 0 Å². The fourth-order valence-corrected chi connectivity index (χ4v) is 9.03. The van der Waals surface area contributed by atoms with Gasteiger partial charge in [0.15, 0.2) is 0 Å². The molecule has 0 radical (unpaired) electrons. The molecular formula is C53H33F6N3. The van der Waals surface area contributed by atoms with Crippen molar-refractivity contribution < 1.29 is 26.3 Å². The Morgan fingerprint density at radius 3 is 1.32 bits per heavy atom. The lowest BCUT2D eigenvalue weighted by atomic mass is 9.94. The molecule has 3 nitrogen and oxygen atoms in total. The fraction of sp³-hybridized carbons (Fsp3) is 0.0755. The van der Waals surface area contributed by atoms with Gasteiger partial charge >= 0.3 is 12.4 Å². The van der Waals surface area contributed by atoms with Crippen LogP contribution in [0.2, 0.25) is 0 Å². The number of fused-ring (bicyclic) bond motifs is 6. The molecule has 2 aromatic heterocycles. The number of aryl methyl sites for hydroxylation is 2. The zero-order valence-electron chi connectivity index (χ0n) is 33.2. The van der Waals surface area contributed by atoms with Crippen LogP contribution in [0.5, 0.6) is 0 Å². The third kappa shape index (κ3) is 6.21. The largest absolute Gasteiger partial charge is 0.417 e. The van der Waals surface area contributed by atoms with Gasteiger partial charge in [-0.05, 0) is 107 Å². The minimum Gasteiger partial charge on any atom is -0.308 e. The normalized spacial score (nSPS) is 12.2. The van der Waals surface area contributed by atoms with Crippen molar-refractivity contribution in [2.24, 2.45) is 0 Å². The lowest BCUT2D eigenvalue weighted by Gasteiger charge is -2.21. The number of rotatable bonds is 5. The lowest BCUT2D eigenvalue weighted by Crippen LogP contribution is -2.12. The van der Waals surface area contributed by atoms with Crippen molar-refractivity contribution in [3.63, 3.8) is 0 Å². The first-order valence-electron chi connectivity index (χ1n) is 19.9. The van der Waals surface area contributed by atoms with Crippen LogP contribution in [0.25, 0.3) is 88.4 Å². The highest BCUT2D eigenvalue weighted by atomic mass is 19.4. The van der Waals surface area contributed by atoms with Crippen LogP contribution in [0, 0.1) is 25.2 Å². The van der Waals surface area contributed by atoms with Gasteiger partial charge in [-0.25, -0.2) is 0 Å². The van der Waals surface area contributed by atoms with Crippen LogP contribution in [0.1, 0.15) is 27.8 Å². The summed E-state index contributed by atoms with van der Waals surface area (Å²) in [5.74, 6) is 0. The third-order valence-corrected chi connectivity index (χ3v) is 11.9. The van der Waals surface area contributed by atoms with E-state index in [1.807, 2.05) is 156 Å². The van der Waals surface area contributed by atoms with E-state index in [9.17, 15) is 18.4 Å². The number of halogens is 6. The van der Waals surface area contributed by atoms with Crippen molar-refractivity contribution in [1.82, 2.24) is 9.13 Å². The molecule has 0 amide bonds. The summed E-state index contributed by atoms with van der Waals surface area (Å²) in [7, 11) is 0.